The third-order valence-electron chi connectivity index (χ3n) is 5.50. The lowest BCUT2D eigenvalue weighted by Gasteiger charge is -2.27. The molecule has 0 radical (unpaired) electrons. The van der Waals surface area contributed by atoms with Gasteiger partial charge in [0.15, 0.2) is 0 Å². The number of rotatable bonds is 8. The molecule has 35 heavy (non-hydrogen) atoms. The van der Waals surface area contributed by atoms with Crippen LogP contribution in [0.5, 0.6) is 0 Å². The number of carbonyl (C=O) groups excluding carboxylic acids is 2. The molecule has 0 aliphatic rings. The van der Waals surface area contributed by atoms with Crippen LogP contribution in [-0.4, -0.2) is 30.8 Å². The van der Waals surface area contributed by atoms with E-state index in [1.165, 1.54) is 0 Å². The van der Waals surface area contributed by atoms with Crippen molar-refractivity contribution in [1.29, 1.82) is 0 Å². The highest BCUT2D eigenvalue weighted by atomic mass is 35.5. The minimum atomic E-state index is -0.147. The van der Waals surface area contributed by atoms with Gasteiger partial charge in [0, 0.05) is 45.0 Å². The molecule has 0 saturated carbocycles. The van der Waals surface area contributed by atoms with Crippen LogP contribution in [0.15, 0.2) is 72.8 Å². The van der Waals surface area contributed by atoms with E-state index in [0.717, 1.165) is 16.8 Å². The van der Waals surface area contributed by atoms with Gasteiger partial charge in [-0.2, -0.15) is 0 Å². The van der Waals surface area contributed by atoms with E-state index in [4.69, 9.17) is 11.6 Å². The van der Waals surface area contributed by atoms with E-state index in [2.05, 4.69) is 5.32 Å². The number of anilines is 2. The summed E-state index contributed by atoms with van der Waals surface area (Å²) in [7, 11) is 3.93. The molecule has 0 aromatic heterocycles. The second-order valence-electron chi connectivity index (χ2n) is 10.2. The summed E-state index contributed by atoms with van der Waals surface area (Å²) < 4.78 is 0. The van der Waals surface area contributed by atoms with Crippen molar-refractivity contribution in [2.75, 3.05) is 24.3 Å². The van der Waals surface area contributed by atoms with Gasteiger partial charge in [-0.25, -0.2) is 0 Å². The summed E-state index contributed by atoms with van der Waals surface area (Å²) in [6.45, 7) is 6.90. The van der Waals surface area contributed by atoms with Gasteiger partial charge in [0.05, 0.1) is 10.6 Å². The van der Waals surface area contributed by atoms with E-state index in [1.54, 1.807) is 17.0 Å². The van der Waals surface area contributed by atoms with Crippen LogP contribution in [0.3, 0.4) is 0 Å². The smallest absolute Gasteiger partial charge is 0.255 e. The normalized spacial score (nSPS) is 11.1. The van der Waals surface area contributed by atoms with Gasteiger partial charge in [0.1, 0.15) is 0 Å². The van der Waals surface area contributed by atoms with Gasteiger partial charge in [0.25, 0.3) is 5.91 Å². The summed E-state index contributed by atoms with van der Waals surface area (Å²) in [4.78, 5) is 30.0. The van der Waals surface area contributed by atoms with E-state index in [1.807, 2.05) is 100 Å². The Morgan fingerprint density at radius 2 is 1.54 bits per heavy atom. The largest absolute Gasteiger partial charge is 0.377 e. The fourth-order valence-corrected chi connectivity index (χ4v) is 4.14. The van der Waals surface area contributed by atoms with Gasteiger partial charge in [-0.15, -0.1) is 0 Å². The number of hydrogen-bond acceptors (Lipinski definition) is 3. The molecule has 0 spiro atoms. The monoisotopic (exact) mass is 491 g/mol. The standard InChI is InChI=1S/C29H34ClN3O2/c1-29(2,3)18-27(34)31-23-15-16-26(32(4)5)22(17-23)20-33(19-21-11-7-6-8-12-21)28(35)24-13-9-10-14-25(24)30/h6-17H,18-20H2,1-5H3,(H,31,34). The molecule has 6 heteroatoms. The molecule has 0 aliphatic carbocycles. The summed E-state index contributed by atoms with van der Waals surface area (Å²) in [5.41, 5.74) is 4.00. The van der Waals surface area contributed by atoms with Gasteiger partial charge in [-0.3, -0.25) is 9.59 Å². The highest BCUT2D eigenvalue weighted by Crippen LogP contribution is 2.28. The molecule has 0 unspecified atom stereocenters. The Morgan fingerprint density at radius 1 is 0.886 bits per heavy atom. The Kier molecular flexibility index (Phi) is 8.57. The lowest BCUT2D eigenvalue weighted by Crippen LogP contribution is -2.31. The maximum Gasteiger partial charge on any atom is 0.255 e. The Morgan fingerprint density at radius 3 is 2.17 bits per heavy atom. The zero-order valence-electron chi connectivity index (χ0n) is 21.1. The summed E-state index contributed by atoms with van der Waals surface area (Å²) in [5, 5.41) is 3.44. The Balaban J connectivity index is 1.96. The molecule has 0 saturated heterocycles. The first-order valence-corrected chi connectivity index (χ1v) is 12.1. The van der Waals surface area contributed by atoms with Gasteiger partial charge < -0.3 is 15.1 Å². The fourth-order valence-electron chi connectivity index (χ4n) is 3.93. The molecule has 0 atom stereocenters. The Bertz CT molecular complexity index is 1170. The van der Waals surface area contributed by atoms with Crippen molar-refractivity contribution >= 4 is 34.8 Å². The van der Waals surface area contributed by atoms with Crippen LogP contribution in [0.4, 0.5) is 11.4 Å². The predicted molar refractivity (Wildman–Crippen MR) is 145 cm³/mol. The molecule has 1 N–H and O–H groups in total. The molecule has 184 valence electrons. The molecule has 0 fully saturated rings. The van der Waals surface area contributed by atoms with Crippen LogP contribution in [0.25, 0.3) is 0 Å². The highest BCUT2D eigenvalue weighted by molar-refractivity contribution is 6.33. The minimum absolute atomic E-state index is 0.0330. The fraction of sp³-hybridized carbons (Fsp3) is 0.310. The molecule has 0 aliphatic heterocycles. The topological polar surface area (TPSA) is 52.7 Å². The van der Waals surface area contributed by atoms with Crippen molar-refractivity contribution in [3.63, 3.8) is 0 Å². The number of nitrogens with zero attached hydrogens (tertiary/aromatic N) is 2. The first-order valence-electron chi connectivity index (χ1n) is 11.7. The van der Waals surface area contributed by atoms with Gasteiger partial charge >= 0.3 is 0 Å². The second kappa shape index (κ2) is 11.4. The molecule has 5 nitrogen and oxygen atoms in total. The van der Waals surface area contributed by atoms with Gasteiger partial charge in [0.2, 0.25) is 5.91 Å². The first-order chi connectivity index (χ1) is 16.5. The maximum absolute atomic E-state index is 13.6. The van der Waals surface area contributed by atoms with Crippen LogP contribution < -0.4 is 10.2 Å². The number of halogens is 1. The predicted octanol–water partition coefficient (Wildman–Crippen LogP) is 6.62. The molecule has 0 heterocycles. The average molecular weight is 492 g/mol. The lowest BCUT2D eigenvalue weighted by atomic mass is 9.92. The van der Waals surface area contributed by atoms with Gasteiger partial charge in [-0.1, -0.05) is 74.8 Å². The van der Waals surface area contributed by atoms with Crippen LogP contribution in [0.2, 0.25) is 5.02 Å². The Labute approximate surface area is 213 Å². The van der Waals surface area contributed by atoms with Crippen molar-refractivity contribution in [1.82, 2.24) is 4.90 Å². The molecular formula is C29H34ClN3O2. The quantitative estimate of drug-likeness (QED) is 0.385. The van der Waals surface area contributed by atoms with Crippen molar-refractivity contribution in [2.45, 2.75) is 40.3 Å². The van der Waals surface area contributed by atoms with Gasteiger partial charge in [-0.05, 0) is 46.9 Å². The van der Waals surface area contributed by atoms with E-state index >= 15 is 0 Å². The van der Waals surface area contributed by atoms with Crippen LogP contribution in [-0.2, 0) is 17.9 Å². The minimum Gasteiger partial charge on any atom is -0.377 e. The van der Waals surface area contributed by atoms with E-state index in [0.29, 0.717) is 35.8 Å². The van der Waals surface area contributed by atoms with E-state index in [-0.39, 0.29) is 17.2 Å². The zero-order valence-corrected chi connectivity index (χ0v) is 21.9. The molecule has 0 bridgehead atoms. The molecule has 3 rings (SSSR count). The van der Waals surface area contributed by atoms with Crippen LogP contribution in [0.1, 0.15) is 48.7 Å². The summed E-state index contributed by atoms with van der Waals surface area (Å²) in [6, 6.07) is 22.8. The molecular weight excluding hydrogens is 458 g/mol. The number of amides is 2. The van der Waals surface area contributed by atoms with Crippen molar-refractivity contribution in [2.24, 2.45) is 5.41 Å². The maximum atomic E-state index is 13.6. The highest BCUT2D eigenvalue weighted by Gasteiger charge is 2.22. The summed E-state index contributed by atoms with van der Waals surface area (Å²) in [5.74, 6) is -0.180. The third-order valence-corrected chi connectivity index (χ3v) is 5.83. The number of hydrogen-bond donors (Lipinski definition) is 1. The molecule has 3 aromatic rings. The summed E-state index contributed by atoms with van der Waals surface area (Å²) in [6.07, 6.45) is 0.420. The summed E-state index contributed by atoms with van der Waals surface area (Å²) >= 11 is 6.38. The second-order valence-corrected chi connectivity index (χ2v) is 10.6. The molecule has 3 aromatic carbocycles. The SMILES string of the molecule is CN(C)c1ccc(NC(=O)CC(C)(C)C)cc1CN(Cc1ccccc1)C(=O)c1ccccc1Cl. The number of benzene rings is 3. The van der Waals surface area contributed by atoms with E-state index in [9.17, 15) is 9.59 Å². The average Bonchev–Trinajstić information content (AvgIpc) is 2.78. The first kappa shape index (κ1) is 26.3. The number of nitrogens with one attached hydrogen (secondary N) is 1. The van der Waals surface area contributed by atoms with Crippen molar-refractivity contribution in [3.05, 3.63) is 94.5 Å². The van der Waals surface area contributed by atoms with Crippen molar-refractivity contribution < 1.29 is 9.59 Å². The van der Waals surface area contributed by atoms with E-state index < -0.39 is 0 Å². The lowest BCUT2D eigenvalue weighted by molar-refractivity contribution is -0.117. The Hall–Kier alpha value is -3.31. The zero-order chi connectivity index (χ0) is 25.6. The van der Waals surface area contributed by atoms with Crippen LogP contribution in [0, 0.1) is 5.41 Å². The van der Waals surface area contributed by atoms with Crippen LogP contribution >= 0.6 is 11.6 Å². The molecule has 2 amide bonds. The number of carbonyl (C=O) groups is 2. The van der Waals surface area contributed by atoms with Crippen molar-refractivity contribution in [3.8, 4) is 0 Å². The third kappa shape index (κ3) is 7.59.